The number of carbonyl (C=O) groups is 2. The minimum Gasteiger partial charge on any atom is -0.507 e. The van der Waals surface area contributed by atoms with E-state index in [1.807, 2.05) is 43.3 Å². The lowest BCUT2D eigenvalue weighted by Crippen LogP contribution is -3.05. The molecule has 1 heterocycles. The van der Waals surface area contributed by atoms with Crippen molar-refractivity contribution >= 4 is 17.4 Å². The van der Waals surface area contributed by atoms with Gasteiger partial charge in [0.1, 0.15) is 11.5 Å². The first kappa shape index (κ1) is 28.5. The zero-order valence-electron chi connectivity index (χ0n) is 23.6. The van der Waals surface area contributed by atoms with Crippen LogP contribution >= 0.6 is 0 Å². The van der Waals surface area contributed by atoms with E-state index in [0.29, 0.717) is 24.6 Å². The molecule has 37 heavy (non-hydrogen) atoms. The average Bonchev–Trinajstić information content (AvgIpc) is 3.07. The van der Waals surface area contributed by atoms with Crippen LogP contribution in [0.1, 0.15) is 69.3 Å². The van der Waals surface area contributed by atoms with E-state index in [-0.39, 0.29) is 16.7 Å². The molecule has 2 aromatic rings. The predicted molar refractivity (Wildman–Crippen MR) is 148 cm³/mol. The van der Waals surface area contributed by atoms with E-state index in [9.17, 15) is 14.7 Å². The number of hydrogen-bond acceptors (Lipinski definition) is 4. The van der Waals surface area contributed by atoms with Crippen molar-refractivity contribution in [2.75, 3.05) is 33.8 Å². The van der Waals surface area contributed by atoms with E-state index in [2.05, 4.69) is 48.7 Å². The van der Waals surface area contributed by atoms with Crippen LogP contribution in [0.5, 0.6) is 5.75 Å². The van der Waals surface area contributed by atoms with Gasteiger partial charge in [-0.25, -0.2) is 0 Å². The van der Waals surface area contributed by atoms with Crippen LogP contribution in [-0.2, 0) is 15.0 Å². The molecule has 6 nitrogen and oxygen atoms in total. The van der Waals surface area contributed by atoms with Gasteiger partial charge in [0.15, 0.2) is 0 Å². The number of amides is 1. The Balaban J connectivity index is 2.06. The lowest BCUT2D eigenvalue weighted by Gasteiger charge is -2.26. The normalized spacial score (nSPS) is 17.8. The maximum atomic E-state index is 13.3. The largest absolute Gasteiger partial charge is 0.507 e. The molecule has 0 saturated carbocycles. The van der Waals surface area contributed by atoms with Crippen LogP contribution in [-0.4, -0.2) is 55.5 Å². The molecular weight excluding hydrogens is 464 g/mol. The number of benzene rings is 2. The number of nitrogens with zero attached hydrogens (tertiary/aromatic N) is 1. The monoisotopic (exact) mass is 507 g/mol. The highest BCUT2D eigenvalue weighted by Gasteiger charge is 2.46. The van der Waals surface area contributed by atoms with Gasteiger partial charge in [0.2, 0.25) is 0 Å². The van der Waals surface area contributed by atoms with E-state index < -0.39 is 17.7 Å². The Morgan fingerprint density at radius 3 is 2.27 bits per heavy atom. The van der Waals surface area contributed by atoms with Gasteiger partial charge in [-0.2, -0.15) is 0 Å². The van der Waals surface area contributed by atoms with E-state index in [4.69, 9.17) is 4.74 Å². The molecule has 1 aliphatic rings. The third-order valence-corrected chi connectivity index (χ3v) is 6.73. The number of aliphatic hydroxyl groups excluding tert-OH is 1. The maximum absolute atomic E-state index is 13.3. The van der Waals surface area contributed by atoms with E-state index in [0.717, 1.165) is 35.4 Å². The summed E-state index contributed by atoms with van der Waals surface area (Å²) in [6.45, 7) is 14.4. The molecule has 1 atom stereocenters. The van der Waals surface area contributed by atoms with Gasteiger partial charge in [0.25, 0.3) is 11.7 Å². The smallest absolute Gasteiger partial charge is 0.295 e. The Bertz CT molecular complexity index is 1160. The van der Waals surface area contributed by atoms with Crippen molar-refractivity contribution in [3.63, 3.8) is 0 Å². The standard InChI is InChI=1S/C31H42N2O4/c1-20(2)19-37-25-15-12-23(18-21(25)3)28(34)26-27(22-10-13-24(14-11-22)31(4,5)6)33(30(36)29(26)35)17-9-16-32(7)8/h10-15,18,20,27,34H,9,16-17,19H2,1-8H3/p+1/t27-/m1/s1. The van der Waals surface area contributed by atoms with Crippen molar-refractivity contribution in [2.45, 2.75) is 59.4 Å². The van der Waals surface area contributed by atoms with Crippen LogP contribution in [0.15, 0.2) is 48.0 Å². The second-order valence-corrected chi connectivity index (χ2v) is 11.9. The number of quaternary nitrogens is 1. The number of hydrogen-bond donors (Lipinski definition) is 2. The molecule has 0 spiro atoms. The van der Waals surface area contributed by atoms with Crippen LogP contribution in [0.4, 0.5) is 0 Å². The number of aliphatic hydroxyl groups is 1. The number of Topliss-reactive ketones (excluding diaryl/α,β-unsaturated/α-hetero) is 1. The number of nitrogens with one attached hydrogen (secondary N) is 1. The molecule has 2 N–H and O–H groups in total. The van der Waals surface area contributed by atoms with Crippen molar-refractivity contribution in [1.82, 2.24) is 4.90 Å². The van der Waals surface area contributed by atoms with Crippen molar-refractivity contribution in [1.29, 1.82) is 0 Å². The second-order valence-electron chi connectivity index (χ2n) is 11.9. The Labute approximate surface area is 221 Å². The highest BCUT2D eigenvalue weighted by Crippen LogP contribution is 2.40. The third kappa shape index (κ3) is 6.61. The topological polar surface area (TPSA) is 71.3 Å². The predicted octanol–water partition coefficient (Wildman–Crippen LogP) is 4.28. The van der Waals surface area contributed by atoms with E-state index in [1.165, 1.54) is 4.90 Å². The molecule has 6 heteroatoms. The lowest BCUT2D eigenvalue weighted by atomic mass is 9.85. The van der Waals surface area contributed by atoms with Gasteiger partial charge < -0.3 is 19.6 Å². The van der Waals surface area contributed by atoms with Gasteiger partial charge in [-0.1, -0.05) is 58.9 Å². The highest BCUT2D eigenvalue weighted by atomic mass is 16.5. The molecule has 3 rings (SSSR count). The van der Waals surface area contributed by atoms with Gasteiger partial charge in [0, 0.05) is 18.5 Å². The zero-order chi connectivity index (χ0) is 27.5. The maximum Gasteiger partial charge on any atom is 0.295 e. The van der Waals surface area contributed by atoms with Gasteiger partial charge in [-0.15, -0.1) is 0 Å². The quantitative estimate of drug-likeness (QED) is 0.302. The van der Waals surface area contributed by atoms with Gasteiger partial charge in [-0.3, -0.25) is 9.59 Å². The second kappa shape index (κ2) is 11.5. The number of carbonyl (C=O) groups excluding carboxylic acids is 2. The van der Waals surface area contributed by atoms with E-state index in [1.54, 1.807) is 11.0 Å². The van der Waals surface area contributed by atoms with Crippen LogP contribution in [0.2, 0.25) is 0 Å². The third-order valence-electron chi connectivity index (χ3n) is 6.73. The minimum atomic E-state index is -0.641. The number of aryl methyl sites for hydroxylation is 1. The highest BCUT2D eigenvalue weighted by molar-refractivity contribution is 6.46. The fourth-order valence-corrected chi connectivity index (χ4v) is 4.60. The molecule has 2 aromatic carbocycles. The molecule has 0 radical (unpaired) electrons. The molecule has 1 aliphatic heterocycles. The first-order valence-electron chi connectivity index (χ1n) is 13.2. The summed E-state index contributed by atoms with van der Waals surface area (Å²) < 4.78 is 5.88. The summed E-state index contributed by atoms with van der Waals surface area (Å²) in [4.78, 5) is 29.4. The van der Waals surface area contributed by atoms with Crippen molar-refractivity contribution in [2.24, 2.45) is 5.92 Å². The average molecular weight is 508 g/mol. The molecular formula is C31H43N2O4+. The first-order chi connectivity index (χ1) is 17.3. The zero-order valence-corrected chi connectivity index (χ0v) is 23.6. The fraction of sp³-hybridized carbons (Fsp3) is 0.484. The number of rotatable bonds is 9. The molecule has 0 unspecified atom stereocenters. The molecule has 0 bridgehead atoms. The lowest BCUT2D eigenvalue weighted by molar-refractivity contribution is -0.858. The number of ether oxygens (including phenoxy) is 1. The Morgan fingerprint density at radius 1 is 1.08 bits per heavy atom. The summed E-state index contributed by atoms with van der Waals surface area (Å²) in [7, 11) is 4.13. The van der Waals surface area contributed by atoms with Crippen LogP contribution < -0.4 is 9.64 Å². The van der Waals surface area contributed by atoms with Crippen molar-refractivity contribution < 1.29 is 24.3 Å². The summed E-state index contributed by atoms with van der Waals surface area (Å²) in [6, 6.07) is 12.8. The molecule has 1 fully saturated rings. The molecule has 0 aromatic heterocycles. The van der Waals surface area contributed by atoms with Gasteiger partial charge >= 0.3 is 0 Å². The Hall–Kier alpha value is -3.12. The minimum absolute atomic E-state index is 0.0221. The summed E-state index contributed by atoms with van der Waals surface area (Å²) in [5.74, 6) is -0.220. The SMILES string of the molecule is Cc1cc(C(O)=C2C(=O)C(=O)N(CCC[NH+](C)C)[C@@H]2c2ccc(C(C)(C)C)cc2)ccc1OCC(C)C. The first-order valence-corrected chi connectivity index (χ1v) is 13.2. The molecule has 1 saturated heterocycles. The summed E-state index contributed by atoms with van der Waals surface area (Å²) in [5, 5.41) is 11.4. The summed E-state index contributed by atoms with van der Waals surface area (Å²) >= 11 is 0. The number of ketones is 1. The van der Waals surface area contributed by atoms with Gasteiger partial charge in [-0.05, 0) is 53.1 Å². The van der Waals surface area contributed by atoms with Crippen molar-refractivity contribution in [3.05, 3.63) is 70.3 Å². The Kier molecular flexibility index (Phi) is 8.85. The Morgan fingerprint density at radius 2 is 1.73 bits per heavy atom. The molecule has 0 aliphatic carbocycles. The number of likely N-dealkylation sites (tertiary alicyclic amines) is 1. The van der Waals surface area contributed by atoms with Crippen LogP contribution in [0.25, 0.3) is 5.76 Å². The molecule has 1 amide bonds. The molecule has 200 valence electrons. The van der Waals surface area contributed by atoms with Crippen LogP contribution in [0, 0.1) is 12.8 Å². The van der Waals surface area contributed by atoms with Gasteiger partial charge in [0.05, 0.1) is 38.9 Å². The van der Waals surface area contributed by atoms with Crippen LogP contribution in [0.3, 0.4) is 0 Å². The van der Waals surface area contributed by atoms with E-state index >= 15 is 0 Å². The summed E-state index contributed by atoms with van der Waals surface area (Å²) in [5.41, 5.74) is 3.46. The summed E-state index contributed by atoms with van der Waals surface area (Å²) in [6.07, 6.45) is 0.757. The van der Waals surface area contributed by atoms with Crippen molar-refractivity contribution in [3.8, 4) is 5.75 Å². The fourth-order valence-electron chi connectivity index (χ4n) is 4.60.